The fourth-order valence-corrected chi connectivity index (χ4v) is 5.51. The second-order valence-electron chi connectivity index (χ2n) is 6.06. The molecule has 98 valence electrons. The Kier molecular flexibility index (Phi) is 3.44. The summed E-state index contributed by atoms with van der Waals surface area (Å²) in [5.74, 6) is 3.39. The molecule has 17 heavy (non-hydrogen) atoms. The second kappa shape index (κ2) is 4.75. The van der Waals surface area contributed by atoms with E-state index in [1.165, 1.54) is 56.6 Å². The van der Waals surface area contributed by atoms with E-state index in [1.54, 1.807) is 0 Å². The SMILES string of the molecule is CCC1(C2CCOC3(CCSC3)C2)CCCN1. The molecule has 3 aliphatic heterocycles. The largest absolute Gasteiger partial charge is 0.374 e. The van der Waals surface area contributed by atoms with Gasteiger partial charge in [-0.15, -0.1) is 0 Å². The van der Waals surface area contributed by atoms with Gasteiger partial charge in [-0.25, -0.2) is 0 Å². The molecule has 0 aliphatic carbocycles. The molecule has 0 aromatic carbocycles. The summed E-state index contributed by atoms with van der Waals surface area (Å²) < 4.78 is 6.16. The normalized spacial score (nSPS) is 46.8. The van der Waals surface area contributed by atoms with Crippen LogP contribution in [-0.2, 0) is 4.74 Å². The molecule has 0 amide bonds. The lowest BCUT2D eigenvalue weighted by Crippen LogP contribution is -2.53. The van der Waals surface area contributed by atoms with Crippen LogP contribution in [0.25, 0.3) is 0 Å². The molecular weight excluding hydrogens is 230 g/mol. The summed E-state index contributed by atoms with van der Waals surface area (Å²) in [5, 5.41) is 3.83. The first-order valence-electron chi connectivity index (χ1n) is 7.25. The molecule has 2 nitrogen and oxygen atoms in total. The van der Waals surface area contributed by atoms with Crippen LogP contribution in [0.1, 0.15) is 45.4 Å². The summed E-state index contributed by atoms with van der Waals surface area (Å²) in [5.41, 5.74) is 0.698. The molecule has 3 fully saturated rings. The van der Waals surface area contributed by atoms with Crippen LogP contribution in [0, 0.1) is 5.92 Å². The standard InChI is InChI=1S/C14H25NOS/c1-2-14(5-3-7-15-14)12-4-8-16-13(10-12)6-9-17-11-13/h12,15H,2-11H2,1H3. The number of nitrogens with one attached hydrogen (secondary N) is 1. The van der Waals surface area contributed by atoms with E-state index in [0.29, 0.717) is 5.54 Å². The predicted octanol–water partition coefficient (Wildman–Crippen LogP) is 2.82. The Hall–Kier alpha value is 0.270. The van der Waals surface area contributed by atoms with Gasteiger partial charge in [0.25, 0.3) is 0 Å². The Morgan fingerprint density at radius 2 is 2.35 bits per heavy atom. The van der Waals surface area contributed by atoms with Crippen molar-refractivity contribution in [3.8, 4) is 0 Å². The quantitative estimate of drug-likeness (QED) is 0.820. The van der Waals surface area contributed by atoms with Crippen LogP contribution in [0.3, 0.4) is 0 Å². The van der Waals surface area contributed by atoms with E-state index < -0.39 is 0 Å². The molecule has 3 saturated heterocycles. The van der Waals surface area contributed by atoms with E-state index in [4.69, 9.17) is 4.74 Å². The van der Waals surface area contributed by atoms with Crippen LogP contribution < -0.4 is 5.32 Å². The fraction of sp³-hybridized carbons (Fsp3) is 1.00. The van der Waals surface area contributed by atoms with Crippen molar-refractivity contribution in [2.75, 3.05) is 24.7 Å². The number of thioether (sulfide) groups is 1. The van der Waals surface area contributed by atoms with E-state index in [0.717, 1.165) is 12.5 Å². The molecule has 1 spiro atoms. The highest BCUT2D eigenvalue weighted by molar-refractivity contribution is 7.99. The maximum absolute atomic E-state index is 6.16. The van der Waals surface area contributed by atoms with Gasteiger partial charge in [0.15, 0.2) is 0 Å². The molecule has 0 aromatic heterocycles. The third-order valence-corrected chi connectivity index (χ3v) is 6.47. The minimum Gasteiger partial charge on any atom is -0.374 e. The van der Waals surface area contributed by atoms with Gasteiger partial charge >= 0.3 is 0 Å². The summed E-state index contributed by atoms with van der Waals surface area (Å²) in [4.78, 5) is 0. The molecule has 3 atom stereocenters. The van der Waals surface area contributed by atoms with Gasteiger partial charge in [0.2, 0.25) is 0 Å². The lowest BCUT2D eigenvalue weighted by Gasteiger charge is -2.46. The maximum Gasteiger partial charge on any atom is 0.0783 e. The van der Waals surface area contributed by atoms with E-state index in [-0.39, 0.29) is 5.60 Å². The first kappa shape index (κ1) is 12.3. The van der Waals surface area contributed by atoms with Crippen molar-refractivity contribution in [3.05, 3.63) is 0 Å². The van der Waals surface area contributed by atoms with Crippen molar-refractivity contribution >= 4 is 11.8 Å². The highest BCUT2D eigenvalue weighted by Gasteiger charge is 2.48. The lowest BCUT2D eigenvalue weighted by molar-refractivity contribution is -0.0949. The van der Waals surface area contributed by atoms with Crippen molar-refractivity contribution in [2.24, 2.45) is 5.92 Å². The van der Waals surface area contributed by atoms with Crippen molar-refractivity contribution < 1.29 is 4.74 Å². The van der Waals surface area contributed by atoms with Gasteiger partial charge in [-0.05, 0) is 56.7 Å². The third-order valence-electron chi connectivity index (χ3n) is 5.25. The van der Waals surface area contributed by atoms with Crippen molar-refractivity contribution in [1.29, 1.82) is 0 Å². The highest BCUT2D eigenvalue weighted by Crippen LogP contribution is 2.46. The molecular formula is C14H25NOS. The van der Waals surface area contributed by atoms with Gasteiger partial charge in [-0.3, -0.25) is 0 Å². The molecule has 0 radical (unpaired) electrons. The Morgan fingerprint density at radius 3 is 3.00 bits per heavy atom. The van der Waals surface area contributed by atoms with Gasteiger partial charge in [-0.1, -0.05) is 6.92 Å². The topological polar surface area (TPSA) is 21.3 Å². The molecule has 3 unspecified atom stereocenters. The number of hydrogen-bond donors (Lipinski definition) is 1. The van der Waals surface area contributed by atoms with Gasteiger partial charge in [-0.2, -0.15) is 11.8 Å². The summed E-state index contributed by atoms with van der Waals surface area (Å²) in [6.45, 7) is 4.59. The van der Waals surface area contributed by atoms with Gasteiger partial charge in [0.1, 0.15) is 0 Å². The molecule has 0 bridgehead atoms. The monoisotopic (exact) mass is 255 g/mol. The minimum absolute atomic E-state index is 0.250. The third kappa shape index (κ3) is 2.15. The smallest absolute Gasteiger partial charge is 0.0783 e. The molecule has 3 heteroatoms. The summed E-state index contributed by atoms with van der Waals surface area (Å²) in [6.07, 6.45) is 7.91. The molecule has 0 aromatic rings. The van der Waals surface area contributed by atoms with Crippen LogP contribution in [0.2, 0.25) is 0 Å². The zero-order valence-corrected chi connectivity index (χ0v) is 11.8. The van der Waals surface area contributed by atoms with Crippen LogP contribution in [0.5, 0.6) is 0 Å². The van der Waals surface area contributed by atoms with Crippen LogP contribution in [-0.4, -0.2) is 35.8 Å². The van der Waals surface area contributed by atoms with E-state index in [1.807, 2.05) is 0 Å². The zero-order chi connectivity index (χ0) is 11.8. The number of rotatable bonds is 2. The Balaban J connectivity index is 1.74. The van der Waals surface area contributed by atoms with Crippen molar-refractivity contribution in [3.63, 3.8) is 0 Å². The number of ether oxygens (including phenoxy) is 1. The molecule has 3 rings (SSSR count). The number of hydrogen-bond acceptors (Lipinski definition) is 3. The lowest BCUT2D eigenvalue weighted by atomic mass is 9.71. The summed E-state index contributed by atoms with van der Waals surface area (Å²) >= 11 is 2.09. The average Bonchev–Trinajstić information content (AvgIpc) is 3.00. The Bertz CT molecular complexity index is 269. The second-order valence-corrected chi connectivity index (χ2v) is 7.17. The Morgan fingerprint density at radius 1 is 1.41 bits per heavy atom. The molecule has 0 saturated carbocycles. The minimum atomic E-state index is 0.250. The summed E-state index contributed by atoms with van der Waals surface area (Å²) in [6, 6.07) is 0. The first-order valence-corrected chi connectivity index (χ1v) is 8.41. The summed E-state index contributed by atoms with van der Waals surface area (Å²) in [7, 11) is 0. The Labute approximate surface area is 109 Å². The average molecular weight is 255 g/mol. The van der Waals surface area contributed by atoms with Crippen LogP contribution >= 0.6 is 11.8 Å². The fourth-order valence-electron chi connectivity index (χ4n) is 4.13. The van der Waals surface area contributed by atoms with E-state index in [9.17, 15) is 0 Å². The van der Waals surface area contributed by atoms with Crippen LogP contribution in [0.15, 0.2) is 0 Å². The van der Waals surface area contributed by atoms with Crippen molar-refractivity contribution in [1.82, 2.24) is 5.32 Å². The van der Waals surface area contributed by atoms with E-state index in [2.05, 4.69) is 24.0 Å². The predicted molar refractivity (Wildman–Crippen MR) is 73.6 cm³/mol. The van der Waals surface area contributed by atoms with Crippen molar-refractivity contribution in [2.45, 2.75) is 56.6 Å². The first-order chi connectivity index (χ1) is 8.29. The van der Waals surface area contributed by atoms with Gasteiger partial charge in [0.05, 0.1) is 5.60 Å². The highest BCUT2D eigenvalue weighted by atomic mass is 32.2. The molecule has 3 heterocycles. The van der Waals surface area contributed by atoms with E-state index >= 15 is 0 Å². The van der Waals surface area contributed by atoms with Crippen LogP contribution in [0.4, 0.5) is 0 Å². The molecule has 1 N–H and O–H groups in total. The van der Waals surface area contributed by atoms with Gasteiger partial charge < -0.3 is 10.1 Å². The maximum atomic E-state index is 6.16. The van der Waals surface area contributed by atoms with Gasteiger partial charge in [0, 0.05) is 17.9 Å². The zero-order valence-electron chi connectivity index (χ0n) is 11.0. The molecule has 3 aliphatic rings.